The molecule has 5 heteroatoms. The summed E-state index contributed by atoms with van der Waals surface area (Å²) in [6, 6.07) is 9.84. The largest absolute Gasteiger partial charge is 0.355 e. The number of carbonyl (C=O) groups excluding carboxylic acids is 1. The van der Waals surface area contributed by atoms with Crippen LogP contribution < -0.4 is 5.32 Å². The van der Waals surface area contributed by atoms with Crippen LogP contribution in [0.1, 0.15) is 36.8 Å². The van der Waals surface area contributed by atoms with E-state index >= 15 is 0 Å². The fourth-order valence-corrected chi connectivity index (χ4v) is 3.65. The summed E-state index contributed by atoms with van der Waals surface area (Å²) in [4.78, 5) is 12.8. The van der Waals surface area contributed by atoms with Crippen LogP contribution in [0.25, 0.3) is 0 Å². The first-order chi connectivity index (χ1) is 12.0. The molecular formula is C20H20F3NO. The van der Waals surface area contributed by atoms with E-state index < -0.39 is 17.0 Å². The molecule has 0 aliphatic heterocycles. The number of rotatable bonds is 5. The molecule has 1 aliphatic rings. The first-order valence-corrected chi connectivity index (χ1v) is 8.50. The van der Waals surface area contributed by atoms with E-state index in [9.17, 15) is 18.0 Å². The Morgan fingerprint density at radius 3 is 2.28 bits per heavy atom. The summed E-state index contributed by atoms with van der Waals surface area (Å²) in [5.74, 6) is -1.80. The van der Waals surface area contributed by atoms with Crippen LogP contribution in [-0.4, -0.2) is 12.5 Å². The molecule has 0 radical (unpaired) electrons. The van der Waals surface area contributed by atoms with Crippen LogP contribution in [0.5, 0.6) is 0 Å². The molecule has 0 unspecified atom stereocenters. The van der Waals surface area contributed by atoms with Gasteiger partial charge in [0.2, 0.25) is 5.91 Å². The van der Waals surface area contributed by atoms with Crippen molar-refractivity contribution in [2.75, 3.05) is 6.54 Å². The lowest BCUT2D eigenvalue weighted by Gasteiger charge is -2.28. The lowest BCUT2D eigenvalue weighted by molar-refractivity contribution is -0.126. The number of amides is 1. The van der Waals surface area contributed by atoms with Gasteiger partial charge in [0.1, 0.15) is 17.5 Å². The highest BCUT2D eigenvalue weighted by atomic mass is 19.1. The molecule has 1 aliphatic carbocycles. The summed E-state index contributed by atoms with van der Waals surface area (Å²) < 4.78 is 40.9. The third-order valence-electron chi connectivity index (χ3n) is 4.99. The van der Waals surface area contributed by atoms with Gasteiger partial charge in [-0.1, -0.05) is 31.0 Å². The topological polar surface area (TPSA) is 29.1 Å². The van der Waals surface area contributed by atoms with E-state index in [2.05, 4.69) is 5.32 Å². The Morgan fingerprint density at radius 1 is 1.00 bits per heavy atom. The van der Waals surface area contributed by atoms with Gasteiger partial charge in [0.05, 0.1) is 5.41 Å². The molecule has 1 N–H and O–H groups in total. The molecule has 0 spiro atoms. The summed E-state index contributed by atoms with van der Waals surface area (Å²) in [5.41, 5.74) is -0.121. The van der Waals surface area contributed by atoms with Gasteiger partial charge in [-0.05, 0) is 49.1 Å². The minimum Gasteiger partial charge on any atom is -0.355 e. The third-order valence-corrected chi connectivity index (χ3v) is 4.99. The van der Waals surface area contributed by atoms with Crippen molar-refractivity contribution in [1.82, 2.24) is 5.32 Å². The van der Waals surface area contributed by atoms with E-state index in [-0.39, 0.29) is 30.3 Å². The fourth-order valence-electron chi connectivity index (χ4n) is 3.65. The minimum absolute atomic E-state index is 0.0333. The molecule has 1 fully saturated rings. The number of hydrogen-bond acceptors (Lipinski definition) is 1. The van der Waals surface area contributed by atoms with Crippen molar-refractivity contribution in [2.45, 2.75) is 37.5 Å². The lowest BCUT2D eigenvalue weighted by atomic mass is 9.78. The van der Waals surface area contributed by atoms with Gasteiger partial charge in [-0.2, -0.15) is 0 Å². The number of carbonyl (C=O) groups is 1. The van der Waals surface area contributed by atoms with Crippen molar-refractivity contribution < 1.29 is 18.0 Å². The van der Waals surface area contributed by atoms with Crippen molar-refractivity contribution in [2.24, 2.45) is 0 Å². The zero-order valence-electron chi connectivity index (χ0n) is 13.8. The Labute approximate surface area is 145 Å². The Bertz CT molecular complexity index is 749. The van der Waals surface area contributed by atoms with Gasteiger partial charge in [0.15, 0.2) is 0 Å². The summed E-state index contributed by atoms with van der Waals surface area (Å²) in [6.45, 7) is 0.133. The average molecular weight is 347 g/mol. The standard InChI is InChI=1S/C20H20F3NO/c21-15-6-3-5-14(13-15)20(10-1-2-11-20)19(25)24-12-9-16-17(22)7-4-8-18(16)23/h3-8,13H,1-2,9-12H2,(H,24,25). The third kappa shape index (κ3) is 3.55. The molecule has 25 heavy (non-hydrogen) atoms. The summed E-state index contributed by atoms with van der Waals surface area (Å²) in [5, 5.41) is 2.79. The zero-order valence-corrected chi connectivity index (χ0v) is 13.8. The maximum atomic E-state index is 13.7. The monoisotopic (exact) mass is 347 g/mol. The Balaban J connectivity index is 1.72. The molecule has 2 nitrogen and oxygen atoms in total. The van der Waals surface area contributed by atoms with Gasteiger partial charge in [0.25, 0.3) is 0 Å². The van der Waals surface area contributed by atoms with Crippen LogP contribution in [0.2, 0.25) is 0 Å². The first-order valence-electron chi connectivity index (χ1n) is 8.50. The van der Waals surface area contributed by atoms with Crippen molar-refractivity contribution in [3.05, 3.63) is 71.0 Å². The number of nitrogens with one attached hydrogen (secondary N) is 1. The van der Waals surface area contributed by atoms with Gasteiger partial charge in [-0.25, -0.2) is 13.2 Å². The van der Waals surface area contributed by atoms with Gasteiger partial charge in [0, 0.05) is 12.1 Å². The average Bonchev–Trinajstić information content (AvgIpc) is 3.08. The van der Waals surface area contributed by atoms with Crippen molar-refractivity contribution >= 4 is 5.91 Å². The molecule has 1 amide bonds. The molecule has 0 saturated heterocycles. The van der Waals surface area contributed by atoms with E-state index in [1.807, 2.05) is 0 Å². The summed E-state index contributed by atoms with van der Waals surface area (Å²) in [6.07, 6.45) is 3.16. The molecule has 0 heterocycles. The molecule has 0 atom stereocenters. The Hall–Kier alpha value is -2.30. The highest BCUT2D eigenvalue weighted by Gasteiger charge is 2.42. The molecule has 1 saturated carbocycles. The highest BCUT2D eigenvalue weighted by Crippen LogP contribution is 2.41. The van der Waals surface area contributed by atoms with Gasteiger partial charge in [-0.3, -0.25) is 4.79 Å². The van der Waals surface area contributed by atoms with Gasteiger partial charge >= 0.3 is 0 Å². The molecule has 2 aromatic carbocycles. The molecule has 0 aromatic heterocycles. The molecule has 0 bridgehead atoms. The van der Waals surface area contributed by atoms with Crippen LogP contribution >= 0.6 is 0 Å². The SMILES string of the molecule is O=C(NCCc1c(F)cccc1F)C1(c2cccc(F)c2)CCCC1. The minimum atomic E-state index is -0.754. The maximum absolute atomic E-state index is 13.7. The van der Waals surface area contributed by atoms with Crippen molar-refractivity contribution in [1.29, 1.82) is 0 Å². The molecule has 132 valence electrons. The van der Waals surface area contributed by atoms with Crippen LogP contribution in [0, 0.1) is 17.5 Å². The smallest absolute Gasteiger partial charge is 0.230 e. The second-order valence-corrected chi connectivity index (χ2v) is 6.51. The van der Waals surface area contributed by atoms with Crippen LogP contribution in [0.15, 0.2) is 42.5 Å². The number of halogens is 3. The van der Waals surface area contributed by atoms with E-state index in [1.165, 1.54) is 30.3 Å². The van der Waals surface area contributed by atoms with Crippen LogP contribution in [-0.2, 0) is 16.6 Å². The van der Waals surface area contributed by atoms with E-state index in [0.717, 1.165) is 12.8 Å². The molecular weight excluding hydrogens is 327 g/mol. The summed E-state index contributed by atoms with van der Waals surface area (Å²) in [7, 11) is 0. The second-order valence-electron chi connectivity index (χ2n) is 6.51. The molecule has 2 aromatic rings. The first kappa shape index (κ1) is 17.5. The molecule has 3 rings (SSSR count). The highest BCUT2D eigenvalue weighted by molar-refractivity contribution is 5.88. The zero-order chi connectivity index (χ0) is 17.9. The van der Waals surface area contributed by atoms with Crippen LogP contribution in [0.3, 0.4) is 0 Å². The number of benzene rings is 2. The van der Waals surface area contributed by atoms with Gasteiger partial charge < -0.3 is 5.32 Å². The van der Waals surface area contributed by atoms with E-state index in [1.54, 1.807) is 12.1 Å². The Morgan fingerprint density at radius 2 is 1.64 bits per heavy atom. The second kappa shape index (κ2) is 7.30. The van der Waals surface area contributed by atoms with Crippen molar-refractivity contribution in [3.63, 3.8) is 0 Å². The Kier molecular flexibility index (Phi) is 5.11. The quantitative estimate of drug-likeness (QED) is 0.860. The number of hydrogen-bond donors (Lipinski definition) is 1. The van der Waals surface area contributed by atoms with Gasteiger partial charge in [-0.15, -0.1) is 0 Å². The summed E-state index contributed by atoms with van der Waals surface area (Å²) >= 11 is 0. The van der Waals surface area contributed by atoms with E-state index in [0.29, 0.717) is 18.4 Å². The van der Waals surface area contributed by atoms with E-state index in [4.69, 9.17) is 0 Å². The maximum Gasteiger partial charge on any atom is 0.230 e. The van der Waals surface area contributed by atoms with Crippen molar-refractivity contribution in [3.8, 4) is 0 Å². The van der Waals surface area contributed by atoms with Crippen LogP contribution in [0.4, 0.5) is 13.2 Å². The predicted octanol–water partition coefficient (Wildman–Crippen LogP) is 4.27. The normalized spacial score (nSPS) is 16.0. The fraction of sp³-hybridized carbons (Fsp3) is 0.350. The lowest BCUT2D eigenvalue weighted by Crippen LogP contribution is -2.43. The predicted molar refractivity (Wildman–Crippen MR) is 89.6 cm³/mol.